The molecule has 0 atom stereocenters. The molecule has 0 amide bonds. The molecule has 2 aromatic carbocycles. The Morgan fingerprint density at radius 1 is 1.11 bits per heavy atom. The highest BCUT2D eigenvalue weighted by atomic mass is 19.1. The van der Waals surface area contributed by atoms with Gasteiger partial charge < -0.3 is 10.6 Å². The molecule has 92 valence electrons. The normalized spacial score (nSPS) is 13.8. The molecule has 0 radical (unpaired) electrons. The van der Waals surface area contributed by atoms with Crippen LogP contribution in [-0.2, 0) is 13.1 Å². The molecule has 1 aliphatic heterocycles. The predicted molar refractivity (Wildman–Crippen MR) is 71.9 cm³/mol. The summed E-state index contributed by atoms with van der Waals surface area (Å²) in [6, 6.07) is 11.2. The van der Waals surface area contributed by atoms with Crippen molar-refractivity contribution >= 4 is 11.4 Å². The highest BCUT2D eigenvalue weighted by Crippen LogP contribution is 2.32. The summed E-state index contributed by atoms with van der Waals surface area (Å²) in [5, 5.41) is 0. The molecule has 1 aliphatic rings. The Labute approximate surface area is 106 Å². The highest BCUT2D eigenvalue weighted by Gasteiger charge is 2.21. The third-order valence-corrected chi connectivity index (χ3v) is 3.53. The molecule has 18 heavy (non-hydrogen) atoms. The maximum Gasteiger partial charge on any atom is 0.128 e. The van der Waals surface area contributed by atoms with E-state index >= 15 is 0 Å². The van der Waals surface area contributed by atoms with Gasteiger partial charge in [0.25, 0.3) is 0 Å². The van der Waals surface area contributed by atoms with Gasteiger partial charge in [0.05, 0.1) is 0 Å². The molecule has 0 bridgehead atoms. The zero-order chi connectivity index (χ0) is 12.7. The predicted octanol–water partition coefficient (Wildman–Crippen LogP) is 3.24. The summed E-state index contributed by atoms with van der Waals surface area (Å²) in [5.74, 6) is -0.150. The summed E-state index contributed by atoms with van der Waals surface area (Å²) < 4.78 is 13.6. The van der Waals surface area contributed by atoms with Crippen molar-refractivity contribution in [1.29, 1.82) is 0 Å². The van der Waals surface area contributed by atoms with E-state index in [1.807, 2.05) is 25.1 Å². The molecule has 2 aromatic rings. The Morgan fingerprint density at radius 2 is 1.89 bits per heavy atom. The fourth-order valence-corrected chi connectivity index (χ4v) is 2.52. The smallest absolute Gasteiger partial charge is 0.128 e. The Bertz CT molecular complexity index is 607. The third-order valence-electron chi connectivity index (χ3n) is 3.53. The Balaban J connectivity index is 1.96. The van der Waals surface area contributed by atoms with E-state index in [2.05, 4.69) is 11.0 Å². The first-order valence-electron chi connectivity index (χ1n) is 6.02. The van der Waals surface area contributed by atoms with Crippen LogP contribution in [0.25, 0.3) is 0 Å². The first-order chi connectivity index (χ1) is 8.65. The number of hydrogen-bond acceptors (Lipinski definition) is 2. The van der Waals surface area contributed by atoms with E-state index in [9.17, 15) is 4.39 Å². The molecule has 0 spiro atoms. The van der Waals surface area contributed by atoms with E-state index in [0.717, 1.165) is 24.5 Å². The molecule has 0 aliphatic carbocycles. The van der Waals surface area contributed by atoms with Gasteiger partial charge in [-0.1, -0.05) is 12.1 Å². The third kappa shape index (κ3) is 1.72. The molecule has 0 saturated heterocycles. The van der Waals surface area contributed by atoms with Crippen molar-refractivity contribution < 1.29 is 4.39 Å². The van der Waals surface area contributed by atoms with Crippen LogP contribution >= 0.6 is 0 Å². The fourth-order valence-electron chi connectivity index (χ4n) is 2.52. The van der Waals surface area contributed by atoms with Gasteiger partial charge in [-0.15, -0.1) is 0 Å². The van der Waals surface area contributed by atoms with E-state index in [4.69, 9.17) is 5.73 Å². The van der Waals surface area contributed by atoms with Gasteiger partial charge in [-0.25, -0.2) is 4.39 Å². The maximum atomic E-state index is 13.6. The molecule has 1 heterocycles. The summed E-state index contributed by atoms with van der Waals surface area (Å²) in [4.78, 5) is 2.18. The van der Waals surface area contributed by atoms with Crippen LogP contribution < -0.4 is 10.6 Å². The SMILES string of the molecule is Cc1c(F)cccc1N1Cc2ccc(N)cc2C1. The molecule has 0 unspecified atom stereocenters. The van der Waals surface area contributed by atoms with Gasteiger partial charge >= 0.3 is 0 Å². The number of hydrogen-bond donors (Lipinski definition) is 1. The minimum Gasteiger partial charge on any atom is -0.399 e. The Hall–Kier alpha value is -2.03. The van der Waals surface area contributed by atoms with Crippen molar-refractivity contribution in [2.75, 3.05) is 10.6 Å². The minimum atomic E-state index is -0.150. The maximum absolute atomic E-state index is 13.6. The van der Waals surface area contributed by atoms with Crippen molar-refractivity contribution in [3.63, 3.8) is 0 Å². The summed E-state index contributed by atoms with van der Waals surface area (Å²) in [7, 11) is 0. The van der Waals surface area contributed by atoms with Crippen molar-refractivity contribution in [2.45, 2.75) is 20.0 Å². The lowest BCUT2D eigenvalue weighted by molar-refractivity contribution is 0.617. The molecule has 0 aromatic heterocycles. The monoisotopic (exact) mass is 242 g/mol. The standard InChI is InChI=1S/C15H15FN2/c1-10-14(16)3-2-4-15(10)18-8-11-5-6-13(17)7-12(11)9-18/h2-7H,8-9,17H2,1H3. The van der Waals surface area contributed by atoms with Gasteiger partial charge in [-0.2, -0.15) is 0 Å². The zero-order valence-electron chi connectivity index (χ0n) is 10.3. The zero-order valence-corrected chi connectivity index (χ0v) is 10.3. The van der Waals surface area contributed by atoms with Crippen LogP contribution in [0.5, 0.6) is 0 Å². The van der Waals surface area contributed by atoms with Crippen molar-refractivity contribution in [2.24, 2.45) is 0 Å². The van der Waals surface area contributed by atoms with E-state index in [1.54, 1.807) is 6.07 Å². The molecule has 0 saturated carbocycles. The van der Waals surface area contributed by atoms with Gasteiger partial charge in [-0.3, -0.25) is 0 Å². The molecular weight excluding hydrogens is 227 g/mol. The minimum absolute atomic E-state index is 0.150. The van der Waals surface area contributed by atoms with E-state index in [1.165, 1.54) is 17.2 Å². The molecule has 0 fully saturated rings. The summed E-state index contributed by atoms with van der Waals surface area (Å²) in [5.41, 5.74) is 10.7. The van der Waals surface area contributed by atoms with Crippen LogP contribution in [0.15, 0.2) is 36.4 Å². The number of halogens is 1. The van der Waals surface area contributed by atoms with Gasteiger partial charge in [0, 0.05) is 30.0 Å². The molecular formula is C15H15FN2. The van der Waals surface area contributed by atoms with Crippen LogP contribution in [0.3, 0.4) is 0 Å². The first kappa shape index (κ1) is 11.1. The number of rotatable bonds is 1. The number of fused-ring (bicyclic) bond motifs is 1. The average Bonchev–Trinajstić information content (AvgIpc) is 2.75. The topological polar surface area (TPSA) is 29.3 Å². The largest absolute Gasteiger partial charge is 0.399 e. The van der Waals surface area contributed by atoms with Gasteiger partial charge in [0.1, 0.15) is 5.82 Å². The second-order valence-corrected chi connectivity index (χ2v) is 4.77. The number of nitrogen functional groups attached to an aromatic ring is 1. The van der Waals surface area contributed by atoms with E-state index < -0.39 is 0 Å². The lowest BCUT2D eigenvalue weighted by Crippen LogP contribution is -2.16. The molecule has 2 nitrogen and oxygen atoms in total. The molecule has 2 N–H and O–H groups in total. The highest BCUT2D eigenvalue weighted by molar-refractivity contribution is 5.58. The Morgan fingerprint density at radius 3 is 2.72 bits per heavy atom. The number of anilines is 2. The number of nitrogens with zero attached hydrogens (tertiary/aromatic N) is 1. The quantitative estimate of drug-likeness (QED) is 0.778. The van der Waals surface area contributed by atoms with Crippen molar-refractivity contribution in [1.82, 2.24) is 0 Å². The van der Waals surface area contributed by atoms with Gasteiger partial charge in [-0.05, 0) is 42.3 Å². The fraction of sp³-hybridized carbons (Fsp3) is 0.200. The van der Waals surface area contributed by atoms with Crippen LogP contribution in [0.1, 0.15) is 16.7 Å². The van der Waals surface area contributed by atoms with Gasteiger partial charge in [0.2, 0.25) is 0 Å². The number of nitrogens with two attached hydrogens (primary N) is 1. The summed E-state index contributed by atoms with van der Waals surface area (Å²) in [6.45, 7) is 3.44. The van der Waals surface area contributed by atoms with E-state index in [0.29, 0.717) is 5.56 Å². The van der Waals surface area contributed by atoms with Gasteiger partial charge in [0.15, 0.2) is 0 Å². The summed E-state index contributed by atoms with van der Waals surface area (Å²) >= 11 is 0. The van der Waals surface area contributed by atoms with Crippen LogP contribution in [0.4, 0.5) is 15.8 Å². The first-order valence-corrected chi connectivity index (χ1v) is 6.02. The lowest BCUT2D eigenvalue weighted by Gasteiger charge is -2.20. The summed E-state index contributed by atoms with van der Waals surface area (Å²) in [6.07, 6.45) is 0. The van der Waals surface area contributed by atoms with Crippen molar-refractivity contribution in [3.05, 3.63) is 58.9 Å². The molecule has 3 rings (SSSR count). The lowest BCUT2D eigenvalue weighted by atomic mass is 10.1. The average molecular weight is 242 g/mol. The molecule has 3 heteroatoms. The number of benzene rings is 2. The second kappa shape index (κ2) is 4.02. The van der Waals surface area contributed by atoms with Crippen LogP contribution in [-0.4, -0.2) is 0 Å². The van der Waals surface area contributed by atoms with Crippen LogP contribution in [0, 0.1) is 12.7 Å². The Kier molecular flexibility index (Phi) is 2.47. The van der Waals surface area contributed by atoms with Crippen LogP contribution in [0.2, 0.25) is 0 Å². The van der Waals surface area contributed by atoms with Crippen molar-refractivity contribution in [3.8, 4) is 0 Å². The van der Waals surface area contributed by atoms with E-state index in [-0.39, 0.29) is 5.82 Å². The second-order valence-electron chi connectivity index (χ2n) is 4.77.